The molecule has 0 saturated heterocycles. The van der Waals surface area contributed by atoms with Gasteiger partial charge in [-0.3, -0.25) is 20.2 Å². The summed E-state index contributed by atoms with van der Waals surface area (Å²) in [5.74, 6) is 1.57. The van der Waals surface area contributed by atoms with E-state index in [1.54, 1.807) is 25.3 Å². The number of allylic oxidation sites excluding steroid dienone is 1. The molecule has 4 aromatic rings. The molecule has 6 rings (SSSR count). The summed E-state index contributed by atoms with van der Waals surface area (Å²) in [6.45, 7) is 6.32. The van der Waals surface area contributed by atoms with Gasteiger partial charge in [0.1, 0.15) is 17.2 Å². The highest BCUT2D eigenvalue weighted by atomic mass is 16.6. The van der Waals surface area contributed by atoms with Gasteiger partial charge in [-0.15, -0.1) is 0 Å². The third kappa shape index (κ3) is 4.56. The summed E-state index contributed by atoms with van der Waals surface area (Å²) in [6.07, 6.45) is 1.65. The minimum Gasteiger partial charge on any atom is -0.496 e. The van der Waals surface area contributed by atoms with Crippen LogP contribution in [0.4, 0.5) is 17.1 Å². The number of hydrogen-bond acceptors (Lipinski definition) is 8. The van der Waals surface area contributed by atoms with E-state index in [0.717, 1.165) is 45.1 Å². The van der Waals surface area contributed by atoms with Gasteiger partial charge >= 0.3 is 5.69 Å². The molecule has 42 heavy (non-hydrogen) atoms. The first-order valence-electron chi connectivity index (χ1n) is 13.3. The second-order valence-electron chi connectivity index (χ2n) is 10.8. The number of anilines is 1. The molecule has 0 aliphatic carbocycles. The summed E-state index contributed by atoms with van der Waals surface area (Å²) in [5, 5.41) is 26.5. The molecule has 0 saturated carbocycles. The highest BCUT2D eigenvalue weighted by molar-refractivity contribution is 5.91. The maximum Gasteiger partial charge on any atom is 0.318 e. The Bertz CT molecular complexity index is 1810. The van der Waals surface area contributed by atoms with E-state index in [2.05, 4.69) is 44.3 Å². The van der Waals surface area contributed by atoms with Gasteiger partial charge in [0.15, 0.2) is 6.10 Å². The molecule has 0 aromatic heterocycles. The van der Waals surface area contributed by atoms with Gasteiger partial charge in [0.2, 0.25) is 5.75 Å². The summed E-state index contributed by atoms with van der Waals surface area (Å²) in [5.41, 5.74) is 5.55. The highest BCUT2D eigenvalue weighted by Crippen LogP contribution is 2.53. The monoisotopic (exact) mass is 565 g/mol. The minimum absolute atomic E-state index is 0.106. The van der Waals surface area contributed by atoms with Crippen molar-refractivity contribution in [3.05, 3.63) is 116 Å². The van der Waals surface area contributed by atoms with E-state index in [-0.39, 0.29) is 11.3 Å². The van der Waals surface area contributed by atoms with Gasteiger partial charge < -0.3 is 19.5 Å². The lowest BCUT2D eigenvalue weighted by Crippen LogP contribution is -2.32. The Morgan fingerprint density at radius 2 is 1.69 bits per heavy atom. The van der Waals surface area contributed by atoms with Crippen LogP contribution in [-0.2, 0) is 0 Å². The van der Waals surface area contributed by atoms with Gasteiger partial charge in [-0.25, -0.2) is 0 Å². The quantitative estimate of drug-likeness (QED) is 0.184. The molecule has 0 radical (unpaired) electrons. The van der Waals surface area contributed by atoms with Crippen molar-refractivity contribution in [2.24, 2.45) is 0 Å². The summed E-state index contributed by atoms with van der Waals surface area (Å²) in [6, 6.07) is 20.3. The van der Waals surface area contributed by atoms with E-state index in [1.807, 2.05) is 24.3 Å². The molecule has 0 bridgehead atoms. The first-order chi connectivity index (χ1) is 20.1. The Kier molecular flexibility index (Phi) is 6.33. The third-order valence-corrected chi connectivity index (χ3v) is 7.40. The average molecular weight is 566 g/mol. The summed E-state index contributed by atoms with van der Waals surface area (Å²) < 4.78 is 18.3. The minimum atomic E-state index is -0.702. The molecule has 0 amide bonds. The number of ether oxygens (including phenoxy) is 3. The molecular weight excluding hydrogens is 538 g/mol. The van der Waals surface area contributed by atoms with Crippen molar-refractivity contribution >= 4 is 22.6 Å². The van der Waals surface area contributed by atoms with Crippen molar-refractivity contribution in [2.45, 2.75) is 32.4 Å². The zero-order chi connectivity index (χ0) is 29.8. The topological polar surface area (TPSA) is 126 Å². The van der Waals surface area contributed by atoms with Crippen molar-refractivity contribution < 1.29 is 24.1 Å². The van der Waals surface area contributed by atoms with E-state index < -0.39 is 27.3 Å². The van der Waals surface area contributed by atoms with Crippen LogP contribution in [0.2, 0.25) is 0 Å². The molecule has 1 atom stereocenters. The largest absolute Gasteiger partial charge is 0.496 e. The fourth-order valence-electron chi connectivity index (χ4n) is 5.82. The Morgan fingerprint density at radius 3 is 2.43 bits per heavy atom. The maximum absolute atomic E-state index is 11.7. The molecule has 10 heteroatoms. The van der Waals surface area contributed by atoms with Crippen LogP contribution >= 0.6 is 0 Å². The Morgan fingerprint density at radius 1 is 0.905 bits per heavy atom. The van der Waals surface area contributed by atoms with Crippen molar-refractivity contribution in [1.29, 1.82) is 0 Å². The Labute approximate surface area is 241 Å². The van der Waals surface area contributed by atoms with E-state index in [4.69, 9.17) is 14.2 Å². The summed E-state index contributed by atoms with van der Waals surface area (Å²) in [4.78, 5) is 21.5. The standard InChI is InChI=1S/C32H27N3O7/c1-18-17-32(2,3)33-23-13-12-22-29-26(40-4)9-6-10-27(29)42-31(30(22)28(18)23)19-7-5-8-21(15-19)41-25-14-11-20(34(36)37)16-24(25)35(38)39/h5-17,31,33H,1-4H3. The number of non-ortho nitro benzene ring substituents is 1. The fourth-order valence-corrected chi connectivity index (χ4v) is 5.82. The number of benzene rings is 4. The third-order valence-electron chi connectivity index (χ3n) is 7.40. The van der Waals surface area contributed by atoms with E-state index in [0.29, 0.717) is 17.2 Å². The van der Waals surface area contributed by atoms with Crippen molar-refractivity contribution in [2.75, 3.05) is 12.4 Å². The smallest absolute Gasteiger partial charge is 0.318 e. The average Bonchev–Trinajstić information content (AvgIpc) is 2.95. The lowest BCUT2D eigenvalue weighted by Gasteiger charge is -2.37. The maximum atomic E-state index is 11.7. The first-order valence-corrected chi connectivity index (χ1v) is 13.3. The van der Waals surface area contributed by atoms with Crippen LogP contribution in [0.1, 0.15) is 43.6 Å². The lowest BCUT2D eigenvalue weighted by molar-refractivity contribution is -0.394. The van der Waals surface area contributed by atoms with E-state index in [1.165, 1.54) is 12.1 Å². The zero-order valence-corrected chi connectivity index (χ0v) is 23.3. The van der Waals surface area contributed by atoms with Crippen molar-refractivity contribution in [3.8, 4) is 34.1 Å². The number of methoxy groups -OCH3 is 1. The fraction of sp³-hybridized carbons (Fsp3) is 0.188. The van der Waals surface area contributed by atoms with Crippen molar-refractivity contribution in [3.63, 3.8) is 0 Å². The second kappa shape index (κ2) is 9.91. The number of hydrogen-bond donors (Lipinski definition) is 1. The van der Waals surface area contributed by atoms with Crippen LogP contribution < -0.4 is 19.5 Å². The SMILES string of the molecule is COc1cccc2c1-c1ccc3c(c1C(c1cccc(Oc4ccc([N+](=O)[O-])cc4[N+](=O)[O-])c1)O2)C(C)=CC(C)(C)N3. The predicted octanol–water partition coefficient (Wildman–Crippen LogP) is 8.06. The van der Waals surface area contributed by atoms with Crippen LogP contribution in [0.3, 0.4) is 0 Å². The Hall–Kier alpha value is -5.38. The molecule has 2 aliphatic heterocycles. The lowest BCUT2D eigenvalue weighted by atomic mass is 9.80. The highest BCUT2D eigenvalue weighted by Gasteiger charge is 2.36. The number of rotatable bonds is 6. The molecule has 2 heterocycles. The van der Waals surface area contributed by atoms with Crippen molar-refractivity contribution in [1.82, 2.24) is 0 Å². The molecule has 0 spiro atoms. The van der Waals surface area contributed by atoms with Crippen LogP contribution in [-0.4, -0.2) is 22.5 Å². The van der Waals surface area contributed by atoms with Gasteiger partial charge in [-0.1, -0.05) is 30.3 Å². The summed E-state index contributed by atoms with van der Waals surface area (Å²) in [7, 11) is 1.63. The number of nitrogens with one attached hydrogen (secondary N) is 1. The van der Waals surface area contributed by atoms with Gasteiger partial charge in [0, 0.05) is 28.4 Å². The summed E-state index contributed by atoms with van der Waals surface area (Å²) >= 11 is 0. The number of nitro benzene ring substituents is 2. The second-order valence-corrected chi connectivity index (χ2v) is 10.8. The molecule has 212 valence electrons. The molecule has 2 aliphatic rings. The Balaban J connectivity index is 1.49. The van der Waals surface area contributed by atoms with Crippen LogP contribution in [0.15, 0.2) is 78.9 Å². The number of fused-ring (bicyclic) bond motifs is 5. The van der Waals surface area contributed by atoms with Gasteiger partial charge in [0.25, 0.3) is 5.69 Å². The predicted molar refractivity (Wildman–Crippen MR) is 159 cm³/mol. The van der Waals surface area contributed by atoms with Gasteiger partial charge in [-0.2, -0.15) is 0 Å². The molecule has 10 nitrogen and oxygen atoms in total. The number of nitrogens with zero attached hydrogens (tertiary/aromatic N) is 2. The molecule has 1 unspecified atom stereocenters. The van der Waals surface area contributed by atoms with Crippen LogP contribution in [0.5, 0.6) is 23.0 Å². The van der Waals surface area contributed by atoms with E-state index in [9.17, 15) is 20.2 Å². The van der Waals surface area contributed by atoms with E-state index >= 15 is 0 Å². The van der Waals surface area contributed by atoms with Crippen LogP contribution in [0.25, 0.3) is 16.7 Å². The van der Waals surface area contributed by atoms with Gasteiger partial charge in [0.05, 0.1) is 34.1 Å². The molecule has 1 N–H and O–H groups in total. The molecular formula is C32H27N3O7. The first kappa shape index (κ1) is 26.8. The van der Waals surface area contributed by atoms with Gasteiger partial charge in [-0.05, 0) is 68.3 Å². The molecule has 4 aromatic carbocycles. The number of nitro groups is 2. The molecule has 0 fully saturated rings. The normalized spacial score (nSPS) is 16.0. The van der Waals surface area contributed by atoms with Crippen LogP contribution in [0, 0.1) is 20.2 Å². The zero-order valence-electron chi connectivity index (χ0n) is 23.3.